The van der Waals surface area contributed by atoms with Gasteiger partial charge in [0.2, 0.25) is 17.7 Å². The number of hydrogen-bond donors (Lipinski definition) is 1. The molecule has 1 aliphatic heterocycles. The van der Waals surface area contributed by atoms with E-state index in [2.05, 4.69) is 15.3 Å². The van der Waals surface area contributed by atoms with Gasteiger partial charge < -0.3 is 9.73 Å². The minimum atomic E-state index is -3.84. The molecule has 3 heterocycles. The number of imide groups is 1. The summed E-state index contributed by atoms with van der Waals surface area (Å²) in [6, 6.07) is 10.3. The van der Waals surface area contributed by atoms with Crippen LogP contribution in [0.5, 0.6) is 0 Å². The number of oxazole rings is 1. The van der Waals surface area contributed by atoms with Crippen molar-refractivity contribution in [1.29, 1.82) is 0 Å². The maximum atomic E-state index is 13.1. The summed E-state index contributed by atoms with van der Waals surface area (Å²) in [7, 11) is -3.84. The lowest BCUT2D eigenvalue weighted by Crippen LogP contribution is -2.48. The standard InChI is InChI=1S/C27H30N4O6S/c1-17(2)15-31-24(32)11-22(12-25(31)33)38(35,36)16-23-18(3)37-27(30-23)21-8-6-20(7-9-21)26(34)29-14-19-5-4-10-28-13-19/h4-10,13,17,22H,11-12,14-16H2,1-3H3,(H,29,34). The number of aryl methyl sites for hydroxylation is 1. The largest absolute Gasteiger partial charge is 0.441 e. The molecule has 11 heteroatoms. The molecule has 200 valence electrons. The zero-order valence-electron chi connectivity index (χ0n) is 21.5. The highest BCUT2D eigenvalue weighted by Gasteiger charge is 2.40. The van der Waals surface area contributed by atoms with E-state index in [4.69, 9.17) is 4.42 Å². The second-order valence-electron chi connectivity index (χ2n) is 9.77. The van der Waals surface area contributed by atoms with Gasteiger partial charge in [-0.3, -0.25) is 24.3 Å². The number of pyridine rings is 1. The lowest BCUT2D eigenvalue weighted by Gasteiger charge is -2.30. The second kappa shape index (κ2) is 11.3. The Balaban J connectivity index is 1.41. The van der Waals surface area contributed by atoms with Crippen LogP contribution >= 0.6 is 0 Å². The fourth-order valence-corrected chi connectivity index (χ4v) is 5.87. The fraction of sp³-hybridized carbons (Fsp3) is 0.370. The van der Waals surface area contributed by atoms with Gasteiger partial charge in [0.15, 0.2) is 9.84 Å². The molecule has 0 radical (unpaired) electrons. The minimum absolute atomic E-state index is 0.0996. The molecule has 0 spiro atoms. The summed E-state index contributed by atoms with van der Waals surface area (Å²) in [5.74, 6) is -0.976. The van der Waals surface area contributed by atoms with Crippen LogP contribution in [0.3, 0.4) is 0 Å². The minimum Gasteiger partial charge on any atom is -0.441 e. The predicted octanol–water partition coefficient (Wildman–Crippen LogP) is 3.06. The quantitative estimate of drug-likeness (QED) is 0.410. The third-order valence-corrected chi connectivity index (χ3v) is 8.29. The monoisotopic (exact) mass is 538 g/mol. The number of hydrogen-bond acceptors (Lipinski definition) is 8. The van der Waals surface area contributed by atoms with E-state index in [-0.39, 0.29) is 42.8 Å². The highest BCUT2D eigenvalue weighted by Crippen LogP contribution is 2.27. The van der Waals surface area contributed by atoms with Crippen LogP contribution in [0.15, 0.2) is 53.2 Å². The number of carbonyl (C=O) groups excluding carboxylic acids is 3. The van der Waals surface area contributed by atoms with Gasteiger partial charge in [0, 0.05) is 49.5 Å². The van der Waals surface area contributed by atoms with Crippen molar-refractivity contribution in [3.8, 4) is 11.5 Å². The molecule has 0 aliphatic carbocycles. The van der Waals surface area contributed by atoms with Gasteiger partial charge in [-0.25, -0.2) is 13.4 Å². The van der Waals surface area contributed by atoms with E-state index in [1.807, 2.05) is 19.9 Å². The van der Waals surface area contributed by atoms with E-state index in [1.165, 1.54) is 0 Å². The summed E-state index contributed by atoms with van der Waals surface area (Å²) in [6.07, 6.45) is 2.88. The highest BCUT2D eigenvalue weighted by atomic mass is 32.2. The van der Waals surface area contributed by atoms with Crippen molar-refractivity contribution < 1.29 is 27.2 Å². The van der Waals surface area contributed by atoms with Crippen LogP contribution < -0.4 is 5.32 Å². The van der Waals surface area contributed by atoms with Crippen LogP contribution in [0.25, 0.3) is 11.5 Å². The average molecular weight is 539 g/mol. The molecule has 1 saturated heterocycles. The van der Waals surface area contributed by atoms with Crippen LogP contribution in [0.4, 0.5) is 0 Å². The Hall–Kier alpha value is -3.86. The van der Waals surface area contributed by atoms with Gasteiger partial charge >= 0.3 is 0 Å². The molecular formula is C27H30N4O6S. The van der Waals surface area contributed by atoms with Crippen LogP contribution in [-0.4, -0.2) is 52.8 Å². The van der Waals surface area contributed by atoms with Crippen molar-refractivity contribution in [2.75, 3.05) is 6.54 Å². The third-order valence-electron chi connectivity index (χ3n) is 6.26. The number of amides is 3. The molecule has 3 aromatic rings. The summed E-state index contributed by atoms with van der Waals surface area (Å²) >= 11 is 0. The Bertz CT molecular complexity index is 1410. The van der Waals surface area contributed by atoms with E-state index in [1.54, 1.807) is 49.6 Å². The SMILES string of the molecule is Cc1oc(-c2ccc(C(=O)NCc3cccnc3)cc2)nc1CS(=O)(=O)C1CC(=O)N(CC(C)C)C(=O)C1. The number of aromatic nitrogens is 2. The molecule has 10 nitrogen and oxygen atoms in total. The van der Waals surface area contributed by atoms with Gasteiger partial charge in [-0.05, 0) is 48.7 Å². The zero-order chi connectivity index (χ0) is 27.4. The summed E-state index contributed by atoms with van der Waals surface area (Å²) in [4.78, 5) is 46.9. The number of likely N-dealkylation sites (tertiary alicyclic amines) is 1. The Morgan fingerprint density at radius 3 is 2.42 bits per heavy atom. The Morgan fingerprint density at radius 1 is 1.13 bits per heavy atom. The van der Waals surface area contributed by atoms with Gasteiger partial charge in [-0.1, -0.05) is 19.9 Å². The summed E-state index contributed by atoms with van der Waals surface area (Å²) in [5.41, 5.74) is 2.13. The van der Waals surface area contributed by atoms with Crippen molar-refractivity contribution in [3.05, 3.63) is 71.4 Å². The van der Waals surface area contributed by atoms with Crippen molar-refractivity contribution in [2.45, 2.75) is 51.2 Å². The molecular weight excluding hydrogens is 508 g/mol. The van der Waals surface area contributed by atoms with Crippen LogP contribution in [0, 0.1) is 12.8 Å². The highest BCUT2D eigenvalue weighted by molar-refractivity contribution is 7.91. The normalized spacial score (nSPS) is 14.8. The van der Waals surface area contributed by atoms with Crippen molar-refractivity contribution >= 4 is 27.6 Å². The molecule has 3 amide bonds. The van der Waals surface area contributed by atoms with Crippen molar-refractivity contribution in [3.63, 3.8) is 0 Å². The number of sulfone groups is 1. The number of carbonyl (C=O) groups is 3. The Morgan fingerprint density at radius 2 is 1.82 bits per heavy atom. The molecule has 1 fully saturated rings. The smallest absolute Gasteiger partial charge is 0.251 e. The second-order valence-corrected chi connectivity index (χ2v) is 12.1. The summed E-state index contributed by atoms with van der Waals surface area (Å²) in [5, 5.41) is 1.74. The van der Waals surface area contributed by atoms with Gasteiger partial charge in [0.1, 0.15) is 5.76 Å². The topological polar surface area (TPSA) is 140 Å². The fourth-order valence-electron chi connectivity index (χ4n) is 4.19. The number of piperidine rings is 1. The van der Waals surface area contributed by atoms with Gasteiger partial charge in [0.25, 0.3) is 5.91 Å². The van der Waals surface area contributed by atoms with Crippen LogP contribution in [-0.2, 0) is 31.7 Å². The maximum Gasteiger partial charge on any atom is 0.251 e. The molecule has 1 N–H and O–H groups in total. The van der Waals surface area contributed by atoms with E-state index >= 15 is 0 Å². The maximum absolute atomic E-state index is 13.1. The molecule has 0 saturated carbocycles. The predicted molar refractivity (Wildman–Crippen MR) is 139 cm³/mol. The van der Waals surface area contributed by atoms with E-state index in [0.717, 1.165) is 10.5 Å². The zero-order valence-corrected chi connectivity index (χ0v) is 22.3. The van der Waals surface area contributed by atoms with Gasteiger partial charge in [-0.15, -0.1) is 0 Å². The number of benzene rings is 1. The van der Waals surface area contributed by atoms with Crippen molar-refractivity contribution in [1.82, 2.24) is 20.2 Å². The average Bonchev–Trinajstić information content (AvgIpc) is 3.24. The number of nitrogens with one attached hydrogen (secondary N) is 1. The Kier molecular flexibility index (Phi) is 8.05. The van der Waals surface area contributed by atoms with Gasteiger partial charge in [0.05, 0.1) is 16.7 Å². The van der Waals surface area contributed by atoms with Crippen LogP contribution in [0.2, 0.25) is 0 Å². The van der Waals surface area contributed by atoms with E-state index in [0.29, 0.717) is 23.4 Å². The first-order valence-electron chi connectivity index (χ1n) is 12.3. The lowest BCUT2D eigenvalue weighted by molar-refractivity contribution is -0.148. The lowest BCUT2D eigenvalue weighted by atomic mass is 10.1. The first-order chi connectivity index (χ1) is 18.0. The molecule has 0 bridgehead atoms. The molecule has 4 rings (SSSR count). The molecule has 38 heavy (non-hydrogen) atoms. The van der Waals surface area contributed by atoms with E-state index < -0.39 is 32.7 Å². The Labute approximate surface area is 221 Å². The van der Waals surface area contributed by atoms with Crippen molar-refractivity contribution in [2.24, 2.45) is 5.92 Å². The molecule has 2 aromatic heterocycles. The molecule has 1 aromatic carbocycles. The molecule has 0 unspecified atom stereocenters. The van der Waals surface area contributed by atoms with Gasteiger partial charge in [-0.2, -0.15) is 0 Å². The van der Waals surface area contributed by atoms with E-state index in [9.17, 15) is 22.8 Å². The molecule has 0 atom stereocenters. The number of nitrogens with zero attached hydrogens (tertiary/aromatic N) is 3. The number of rotatable bonds is 9. The summed E-state index contributed by atoms with van der Waals surface area (Å²) in [6.45, 7) is 6.02. The van der Waals surface area contributed by atoms with Crippen LogP contribution in [0.1, 0.15) is 54.1 Å². The third kappa shape index (κ3) is 6.34. The summed E-state index contributed by atoms with van der Waals surface area (Å²) < 4.78 is 31.9. The molecule has 1 aliphatic rings. The first-order valence-corrected chi connectivity index (χ1v) is 14.0. The first kappa shape index (κ1) is 27.2.